The second-order valence-electron chi connectivity index (χ2n) is 8.29. The predicted octanol–water partition coefficient (Wildman–Crippen LogP) is 3.63. The predicted molar refractivity (Wildman–Crippen MR) is 129 cm³/mol. The molecular weight excluding hydrogens is 451 g/mol. The summed E-state index contributed by atoms with van der Waals surface area (Å²) in [6.45, 7) is -0.234. The number of hydrazone groups is 1. The van der Waals surface area contributed by atoms with E-state index in [4.69, 9.17) is 9.47 Å². The van der Waals surface area contributed by atoms with E-state index in [2.05, 4.69) is 5.10 Å². The van der Waals surface area contributed by atoms with Crippen molar-refractivity contribution in [2.75, 3.05) is 27.8 Å². The summed E-state index contributed by atoms with van der Waals surface area (Å²) >= 11 is 0. The minimum Gasteiger partial charge on any atom is -0.497 e. The highest BCUT2D eigenvalue weighted by atomic mass is 19.1. The molecule has 0 saturated carbocycles. The molecule has 0 aliphatic carbocycles. The lowest BCUT2D eigenvalue weighted by atomic mass is 9.99. The van der Waals surface area contributed by atoms with Gasteiger partial charge in [0, 0.05) is 37.8 Å². The number of rotatable bonds is 7. The molecule has 1 aliphatic heterocycles. The number of halogens is 1. The van der Waals surface area contributed by atoms with Crippen LogP contribution in [0.5, 0.6) is 11.5 Å². The Labute approximate surface area is 203 Å². The van der Waals surface area contributed by atoms with Crippen molar-refractivity contribution in [2.45, 2.75) is 12.5 Å². The van der Waals surface area contributed by atoms with E-state index in [9.17, 15) is 14.0 Å². The number of aromatic nitrogens is 1. The number of hydrogen-bond donors (Lipinski definition) is 0. The second-order valence-corrected chi connectivity index (χ2v) is 8.29. The van der Waals surface area contributed by atoms with Crippen LogP contribution in [-0.4, -0.2) is 59.8 Å². The van der Waals surface area contributed by atoms with Crippen LogP contribution in [0.3, 0.4) is 0 Å². The minimum atomic E-state index is -0.517. The Morgan fingerprint density at radius 1 is 1.11 bits per heavy atom. The van der Waals surface area contributed by atoms with E-state index in [0.29, 0.717) is 17.9 Å². The largest absolute Gasteiger partial charge is 0.497 e. The molecular formula is C26H27FN4O4. The number of carbonyl (C=O) groups is 2. The van der Waals surface area contributed by atoms with Crippen molar-refractivity contribution in [1.82, 2.24) is 14.5 Å². The molecule has 0 fully saturated rings. The third kappa shape index (κ3) is 4.89. The molecule has 8 nitrogen and oxygen atoms in total. The van der Waals surface area contributed by atoms with E-state index in [-0.39, 0.29) is 18.0 Å². The number of nitrogens with zero attached hydrogens (tertiary/aromatic N) is 4. The maximum absolute atomic E-state index is 13.6. The number of carbonyl (C=O) groups excluding carboxylic acids is 2. The molecule has 0 bridgehead atoms. The Balaban J connectivity index is 1.66. The van der Waals surface area contributed by atoms with Gasteiger partial charge in [0.2, 0.25) is 0 Å². The van der Waals surface area contributed by atoms with Gasteiger partial charge in [0.25, 0.3) is 11.8 Å². The fraction of sp³-hybridized carbons (Fsp3) is 0.269. The van der Waals surface area contributed by atoms with Crippen LogP contribution in [0.2, 0.25) is 0 Å². The van der Waals surface area contributed by atoms with Crippen molar-refractivity contribution >= 4 is 17.5 Å². The molecule has 2 aromatic carbocycles. The Hall–Kier alpha value is -4.14. The van der Waals surface area contributed by atoms with Gasteiger partial charge in [-0.3, -0.25) is 9.59 Å². The SMILES string of the molecule is COc1ccc(OC)c([C@@H]2CC(c3cccn3C)=NN2C(=O)CN(C)C(=O)c2cccc(F)c2)c1. The van der Waals surface area contributed by atoms with E-state index in [1.807, 2.05) is 36.0 Å². The zero-order valence-electron chi connectivity index (χ0n) is 20.1. The van der Waals surface area contributed by atoms with Gasteiger partial charge in [-0.1, -0.05) is 6.07 Å². The normalized spacial score (nSPS) is 15.1. The van der Waals surface area contributed by atoms with Crippen LogP contribution in [0.25, 0.3) is 0 Å². The van der Waals surface area contributed by atoms with Crippen LogP contribution in [0, 0.1) is 5.82 Å². The van der Waals surface area contributed by atoms with Crippen molar-refractivity contribution in [3.63, 3.8) is 0 Å². The summed E-state index contributed by atoms with van der Waals surface area (Å²) in [5.41, 5.74) is 2.53. The molecule has 0 unspecified atom stereocenters. The molecule has 2 heterocycles. The third-order valence-corrected chi connectivity index (χ3v) is 5.99. The van der Waals surface area contributed by atoms with Gasteiger partial charge >= 0.3 is 0 Å². The highest BCUT2D eigenvalue weighted by Crippen LogP contribution is 2.39. The van der Waals surface area contributed by atoms with Crippen LogP contribution >= 0.6 is 0 Å². The Bertz CT molecular complexity index is 1290. The lowest BCUT2D eigenvalue weighted by Gasteiger charge is -2.26. The molecule has 1 atom stereocenters. The average Bonchev–Trinajstić information content (AvgIpc) is 3.49. The van der Waals surface area contributed by atoms with Crippen LogP contribution in [-0.2, 0) is 11.8 Å². The maximum atomic E-state index is 13.6. The van der Waals surface area contributed by atoms with Gasteiger partial charge in [-0.15, -0.1) is 0 Å². The summed E-state index contributed by atoms with van der Waals surface area (Å²) in [4.78, 5) is 27.5. The van der Waals surface area contributed by atoms with Crippen molar-refractivity contribution in [3.05, 3.63) is 83.4 Å². The molecule has 0 radical (unpaired) electrons. The van der Waals surface area contributed by atoms with Crippen molar-refractivity contribution < 1.29 is 23.5 Å². The summed E-state index contributed by atoms with van der Waals surface area (Å²) in [5, 5.41) is 6.06. The van der Waals surface area contributed by atoms with E-state index in [1.54, 1.807) is 26.4 Å². The first-order valence-corrected chi connectivity index (χ1v) is 11.1. The van der Waals surface area contributed by atoms with Gasteiger partial charge < -0.3 is 18.9 Å². The molecule has 1 aliphatic rings. The number of amides is 2. The van der Waals surface area contributed by atoms with Crippen molar-refractivity contribution in [2.24, 2.45) is 12.1 Å². The van der Waals surface area contributed by atoms with Crippen molar-refractivity contribution in [1.29, 1.82) is 0 Å². The molecule has 9 heteroatoms. The lowest BCUT2D eigenvalue weighted by Crippen LogP contribution is -2.39. The molecule has 3 aromatic rings. The van der Waals surface area contributed by atoms with E-state index >= 15 is 0 Å². The zero-order chi connectivity index (χ0) is 25.1. The fourth-order valence-corrected chi connectivity index (χ4v) is 4.19. The number of ether oxygens (including phenoxy) is 2. The Kier molecular flexibility index (Phi) is 6.86. The Morgan fingerprint density at radius 3 is 2.57 bits per heavy atom. The molecule has 0 spiro atoms. The lowest BCUT2D eigenvalue weighted by molar-refractivity contribution is -0.133. The average molecular weight is 479 g/mol. The molecule has 4 rings (SSSR count). The van der Waals surface area contributed by atoms with Gasteiger partial charge in [-0.2, -0.15) is 5.10 Å². The van der Waals surface area contributed by atoms with Crippen LogP contribution in [0.1, 0.15) is 34.1 Å². The second kappa shape index (κ2) is 10.0. The molecule has 2 amide bonds. The Morgan fingerprint density at radius 2 is 1.91 bits per heavy atom. The van der Waals surface area contributed by atoms with Crippen molar-refractivity contribution in [3.8, 4) is 11.5 Å². The first kappa shape index (κ1) is 24.0. The summed E-state index contributed by atoms with van der Waals surface area (Å²) in [7, 11) is 6.55. The number of likely N-dealkylation sites (N-methyl/N-ethyl adjacent to an activating group) is 1. The monoisotopic (exact) mass is 478 g/mol. The van der Waals surface area contributed by atoms with E-state index in [0.717, 1.165) is 23.0 Å². The van der Waals surface area contributed by atoms with Gasteiger partial charge in [0.15, 0.2) is 0 Å². The zero-order valence-corrected chi connectivity index (χ0v) is 20.1. The third-order valence-electron chi connectivity index (χ3n) is 5.99. The molecule has 0 saturated heterocycles. The molecule has 35 heavy (non-hydrogen) atoms. The summed E-state index contributed by atoms with van der Waals surface area (Å²) in [6.07, 6.45) is 2.36. The summed E-state index contributed by atoms with van der Waals surface area (Å²) in [5.74, 6) is -0.132. The van der Waals surface area contributed by atoms with E-state index < -0.39 is 17.8 Å². The molecule has 0 N–H and O–H groups in total. The van der Waals surface area contributed by atoms with Crippen LogP contribution in [0.4, 0.5) is 4.39 Å². The highest BCUT2D eigenvalue weighted by molar-refractivity contribution is 6.03. The number of hydrogen-bond acceptors (Lipinski definition) is 5. The number of aryl methyl sites for hydroxylation is 1. The summed E-state index contributed by atoms with van der Waals surface area (Å²) in [6, 6.07) is 14.2. The molecule has 1 aromatic heterocycles. The smallest absolute Gasteiger partial charge is 0.262 e. The van der Waals surface area contributed by atoms with Gasteiger partial charge in [0.1, 0.15) is 23.9 Å². The number of methoxy groups -OCH3 is 2. The quantitative estimate of drug-likeness (QED) is 0.520. The highest BCUT2D eigenvalue weighted by Gasteiger charge is 2.36. The van der Waals surface area contributed by atoms with Crippen LogP contribution < -0.4 is 9.47 Å². The first-order valence-electron chi connectivity index (χ1n) is 11.1. The molecule has 182 valence electrons. The van der Waals surface area contributed by atoms with Gasteiger partial charge in [-0.05, 0) is 48.5 Å². The van der Waals surface area contributed by atoms with Gasteiger partial charge in [-0.25, -0.2) is 9.40 Å². The fourth-order valence-electron chi connectivity index (χ4n) is 4.19. The number of benzene rings is 2. The summed E-state index contributed by atoms with van der Waals surface area (Å²) < 4.78 is 26.5. The van der Waals surface area contributed by atoms with E-state index in [1.165, 1.54) is 35.2 Å². The maximum Gasteiger partial charge on any atom is 0.262 e. The topological polar surface area (TPSA) is 76.4 Å². The first-order chi connectivity index (χ1) is 16.8. The van der Waals surface area contributed by atoms with Gasteiger partial charge in [0.05, 0.1) is 31.7 Å². The van der Waals surface area contributed by atoms with Crippen LogP contribution in [0.15, 0.2) is 65.9 Å². The standard InChI is InChI=1S/C26H27FN4O4/c1-29-12-6-9-22(29)21-15-23(20-14-19(34-3)10-11-24(20)35-4)31(28-21)25(32)16-30(2)26(33)17-7-5-8-18(27)13-17/h5-14,23H,15-16H2,1-4H3/t23-/m0/s1. The minimum absolute atomic E-state index is 0.167.